The zero-order chi connectivity index (χ0) is 12.5. The number of aliphatic hydroxyl groups is 1. The van der Waals surface area contributed by atoms with Crippen LogP contribution in [0, 0.1) is 5.82 Å². The highest BCUT2D eigenvalue weighted by Crippen LogP contribution is 2.25. The second kappa shape index (κ2) is 4.33. The summed E-state index contributed by atoms with van der Waals surface area (Å²) in [7, 11) is 0. The molecule has 1 saturated heterocycles. The summed E-state index contributed by atoms with van der Waals surface area (Å²) in [5.74, 6) is -0.466. The fourth-order valence-electron chi connectivity index (χ4n) is 1.79. The summed E-state index contributed by atoms with van der Waals surface area (Å²) in [4.78, 5) is 13.1. The largest absolute Gasteiger partial charge is 0.386 e. The lowest BCUT2D eigenvalue weighted by Crippen LogP contribution is -2.64. The summed E-state index contributed by atoms with van der Waals surface area (Å²) in [5, 5.41) is 12.2. The normalized spacial score (nSPS) is 17.5. The maximum atomic E-state index is 13.3. The molecule has 2 rings (SSSR count). The SMILES string of the molecule is CCC1(O)CN(C(=O)Nc2ccccc2F)C1. The molecule has 1 aromatic rings. The molecule has 0 aromatic heterocycles. The van der Waals surface area contributed by atoms with Gasteiger partial charge in [0.2, 0.25) is 0 Å². The van der Waals surface area contributed by atoms with Gasteiger partial charge < -0.3 is 15.3 Å². The average Bonchev–Trinajstić information content (AvgIpc) is 2.28. The Morgan fingerprint density at radius 2 is 2.18 bits per heavy atom. The highest BCUT2D eigenvalue weighted by atomic mass is 19.1. The van der Waals surface area contributed by atoms with Crippen molar-refractivity contribution in [3.8, 4) is 0 Å². The van der Waals surface area contributed by atoms with Gasteiger partial charge in [0, 0.05) is 0 Å². The molecule has 0 aliphatic carbocycles. The van der Waals surface area contributed by atoms with Crippen LogP contribution in [0.25, 0.3) is 0 Å². The smallest absolute Gasteiger partial charge is 0.322 e. The van der Waals surface area contributed by atoms with Crippen LogP contribution in [-0.2, 0) is 0 Å². The number of rotatable bonds is 2. The maximum Gasteiger partial charge on any atom is 0.322 e. The number of carbonyl (C=O) groups is 1. The molecule has 1 heterocycles. The molecule has 17 heavy (non-hydrogen) atoms. The second-order valence-corrected chi connectivity index (χ2v) is 4.34. The first-order valence-electron chi connectivity index (χ1n) is 5.57. The van der Waals surface area contributed by atoms with Crippen LogP contribution in [0.4, 0.5) is 14.9 Å². The molecule has 92 valence electrons. The number of nitrogens with one attached hydrogen (secondary N) is 1. The molecule has 5 heteroatoms. The van der Waals surface area contributed by atoms with E-state index in [4.69, 9.17) is 0 Å². The molecule has 2 amide bonds. The van der Waals surface area contributed by atoms with Crippen LogP contribution in [0.2, 0.25) is 0 Å². The molecule has 0 atom stereocenters. The Hall–Kier alpha value is -1.62. The topological polar surface area (TPSA) is 52.6 Å². The van der Waals surface area contributed by atoms with Crippen molar-refractivity contribution >= 4 is 11.7 Å². The number of β-amino-alcohol motifs (C(OH)–C–C–N with tert-alkyl or cyclic N) is 1. The molecule has 0 spiro atoms. The number of amides is 2. The van der Waals surface area contributed by atoms with Crippen molar-refractivity contribution in [2.24, 2.45) is 0 Å². The van der Waals surface area contributed by atoms with Crippen molar-refractivity contribution < 1.29 is 14.3 Å². The minimum Gasteiger partial charge on any atom is -0.386 e. The van der Waals surface area contributed by atoms with Crippen molar-refractivity contribution in [3.05, 3.63) is 30.1 Å². The molecule has 4 nitrogen and oxygen atoms in total. The van der Waals surface area contributed by atoms with Gasteiger partial charge in [-0.3, -0.25) is 0 Å². The van der Waals surface area contributed by atoms with E-state index in [1.165, 1.54) is 17.0 Å². The number of halogens is 1. The first-order valence-corrected chi connectivity index (χ1v) is 5.57. The monoisotopic (exact) mass is 238 g/mol. The van der Waals surface area contributed by atoms with Crippen LogP contribution in [0.5, 0.6) is 0 Å². The highest BCUT2D eigenvalue weighted by Gasteiger charge is 2.42. The molecular formula is C12H15FN2O2. The Bertz CT molecular complexity index is 430. The Balaban J connectivity index is 1.94. The summed E-state index contributed by atoms with van der Waals surface area (Å²) in [6, 6.07) is 5.61. The van der Waals surface area contributed by atoms with Crippen LogP contribution in [-0.4, -0.2) is 34.7 Å². The third-order valence-electron chi connectivity index (χ3n) is 3.03. The van der Waals surface area contributed by atoms with Crippen LogP contribution < -0.4 is 5.32 Å². The fourth-order valence-corrected chi connectivity index (χ4v) is 1.79. The van der Waals surface area contributed by atoms with Gasteiger partial charge in [-0.15, -0.1) is 0 Å². The van der Waals surface area contributed by atoms with Crippen molar-refractivity contribution in [2.45, 2.75) is 18.9 Å². The molecule has 0 radical (unpaired) electrons. The highest BCUT2D eigenvalue weighted by molar-refractivity contribution is 5.90. The number of carbonyl (C=O) groups excluding carboxylic acids is 1. The maximum absolute atomic E-state index is 13.3. The fraction of sp³-hybridized carbons (Fsp3) is 0.417. The molecule has 2 N–H and O–H groups in total. The van der Waals surface area contributed by atoms with E-state index in [-0.39, 0.29) is 11.7 Å². The average molecular weight is 238 g/mol. The predicted octanol–water partition coefficient (Wildman–Crippen LogP) is 1.81. The second-order valence-electron chi connectivity index (χ2n) is 4.34. The third-order valence-corrected chi connectivity index (χ3v) is 3.03. The van der Waals surface area contributed by atoms with E-state index in [1.54, 1.807) is 12.1 Å². The molecule has 1 fully saturated rings. The van der Waals surface area contributed by atoms with E-state index in [9.17, 15) is 14.3 Å². The number of para-hydroxylation sites is 1. The first kappa shape index (κ1) is 11.9. The van der Waals surface area contributed by atoms with Gasteiger partial charge in [-0.2, -0.15) is 0 Å². The number of nitrogens with zero attached hydrogens (tertiary/aromatic N) is 1. The van der Waals surface area contributed by atoms with Gasteiger partial charge in [-0.05, 0) is 18.6 Å². The third kappa shape index (κ3) is 2.39. The lowest BCUT2D eigenvalue weighted by atomic mass is 9.92. The Morgan fingerprint density at radius 3 is 2.76 bits per heavy atom. The molecule has 1 aromatic carbocycles. The molecule has 0 saturated carbocycles. The minimum absolute atomic E-state index is 0.157. The van der Waals surface area contributed by atoms with E-state index in [2.05, 4.69) is 5.32 Å². The van der Waals surface area contributed by atoms with Gasteiger partial charge in [-0.25, -0.2) is 9.18 Å². The summed E-state index contributed by atoms with van der Waals surface area (Å²) >= 11 is 0. The lowest BCUT2D eigenvalue weighted by Gasteiger charge is -2.45. The number of urea groups is 1. The van der Waals surface area contributed by atoms with E-state index in [0.717, 1.165) is 0 Å². The standard InChI is InChI=1S/C12H15FN2O2/c1-2-12(17)7-15(8-12)11(16)14-10-6-4-3-5-9(10)13/h3-6,17H,2,7-8H2,1H3,(H,14,16). The van der Waals surface area contributed by atoms with Crippen molar-refractivity contribution in [1.82, 2.24) is 4.90 Å². The Labute approximate surface area is 99.0 Å². The van der Waals surface area contributed by atoms with Gasteiger partial charge >= 0.3 is 6.03 Å². The van der Waals surface area contributed by atoms with Crippen molar-refractivity contribution in [3.63, 3.8) is 0 Å². The van der Waals surface area contributed by atoms with Crippen LogP contribution in [0.15, 0.2) is 24.3 Å². The Kier molecular flexibility index (Phi) is 3.02. The zero-order valence-electron chi connectivity index (χ0n) is 9.61. The minimum atomic E-state index is -0.771. The lowest BCUT2D eigenvalue weighted by molar-refractivity contribution is -0.0755. The van der Waals surface area contributed by atoms with Gasteiger partial charge in [-0.1, -0.05) is 19.1 Å². The van der Waals surface area contributed by atoms with Crippen LogP contribution in [0.1, 0.15) is 13.3 Å². The summed E-state index contributed by atoms with van der Waals surface area (Å²) < 4.78 is 13.3. The van der Waals surface area contributed by atoms with Crippen molar-refractivity contribution in [2.75, 3.05) is 18.4 Å². The first-order chi connectivity index (χ1) is 8.04. The number of anilines is 1. The van der Waals surface area contributed by atoms with Gasteiger partial charge in [0.1, 0.15) is 5.82 Å². The zero-order valence-corrected chi connectivity index (χ0v) is 9.61. The van der Waals surface area contributed by atoms with Crippen LogP contribution >= 0.6 is 0 Å². The van der Waals surface area contributed by atoms with E-state index in [0.29, 0.717) is 19.5 Å². The molecule has 1 aliphatic heterocycles. The molecule has 0 bridgehead atoms. The number of hydrogen-bond acceptors (Lipinski definition) is 2. The van der Waals surface area contributed by atoms with E-state index in [1.807, 2.05) is 6.92 Å². The summed E-state index contributed by atoms with van der Waals surface area (Å²) in [5.41, 5.74) is -0.614. The number of likely N-dealkylation sites (tertiary alicyclic amines) is 1. The number of benzene rings is 1. The molecule has 0 unspecified atom stereocenters. The van der Waals surface area contributed by atoms with E-state index >= 15 is 0 Å². The quantitative estimate of drug-likeness (QED) is 0.825. The number of hydrogen-bond donors (Lipinski definition) is 2. The van der Waals surface area contributed by atoms with Gasteiger partial charge in [0.25, 0.3) is 0 Å². The van der Waals surface area contributed by atoms with Gasteiger partial charge in [0.15, 0.2) is 0 Å². The molecule has 1 aliphatic rings. The molecular weight excluding hydrogens is 223 g/mol. The Morgan fingerprint density at radius 1 is 1.53 bits per heavy atom. The van der Waals surface area contributed by atoms with Crippen LogP contribution in [0.3, 0.4) is 0 Å². The van der Waals surface area contributed by atoms with Crippen molar-refractivity contribution in [1.29, 1.82) is 0 Å². The van der Waals surface area contributed by atoms with Gasteiger partial charge in [0.05, 0.1) is 24.4 Å². The predicted molar refractivity (Wildman–Crippen MR) is 62.2 cm³/mol. The summed E-state index contributed by atoms with van der Waals surface area (Å²) in [6.45, 7) is 2.46. The van der Waals surface area contributed by atoms with E-state index < -0.39 is 11.4 Å². The summed E-state index contributed by atoms with van der Waals surface area (Å²) in [6.07, 6.45) is 0.608.